The molecule has 0 radical (unpaired) electrons. The average molecular weight is 156 g/mol. The van der Waals surface area contributed by atoms with Gasteiger partial charge >= 0.3 is 6.02 Å². The van der Waals surface area contributed by atoms with Gasteiger partial charge in [0.05, 0.1) is 7.11 Å². The summed E-state index contributed by atoms with van der Waals surface area (Å²) < 4.78 is 9.92. The summed E-state index contributed by atoms with van der Waals surface area (Å²) in [5.41, 5.74) is 0. The van der Waals surface area contributed by atoms with Crippen molar-refractivity contribution in [3.8, 4) is 0 Å². The van der Waals surface area contributed by atoms with Crippen LogP contribution < -0.4 is 0 Å². The molecule has 0 aliphatic carbocycles. The maximum Gasteiger partial charge on any atom is 0.313 e. The molecule has 1 aliphatic rings. The molecule has 1 heterocycles. The van der Waals surface area contributed by atoms with Gasteiger partial charge in [-0.05, 0) is 0 Å². The molecule has 0 aromatic carbocycles. The molecule has 0 aromatic rings. The van der Waals surface area contributed by atoms with E-state index in [0.29, 0.717) is 6.02 Å². The van der Waals surface area contributed by atoms with E-state index in [9.17, 15) is 0 Å². The van der Waals surface area contributed by atoms with Gasteiger partial charge in [0.1, 0.15) is 0 Å². The van der Waals surface area contributed by atoms with E-state index in [-0.39, 0.29) is 12.1 Å². The van der Waals surface area contributed by atoms with Crippen LogP contribution in [0, 0.1) is 5.92 Å². The molecule has 11 heavy (non-hydrogen) atoms. The van der Waals surface area contributed by atoms with Gasteiger partial charge in [-0.3, -0.25) is 0 Å². The topological polar surface area (TPSA) is 43.2 Å². The van der Waals surface area contributed by atoms with Crippen LogP contribution in [0.1, 0.15) is 6.92 Å². The summed E-state index contributed by atoms with van der Waals surface area (Å²) in [4.78, 5) is 8.02. The number of nitrogens with zero attached hydrogens (tertiary/aromatic N) is 2. The van der Waals surface area contributed by atoms with Crippen molar-refractivity contribution in [2.24, 2.45) is 15.9 Å². The number of ether oxygens (including phenoxy) is 2. The maximum absolute atomic E-state index is 5.08. The highest BCUT2D eigenvalue weighted by atomic mass is 16.5. The monoisotopic (exact) mass is 156 g/mol. The van der Waals surface area contributed by atoms with Crippen LogP contribution in [-0.2, 0) is 9.47 Å². The first-order chi connectivity index (χ1) is 5.27. The fourth-order valence-corrected chi connectivity index (χ4v) is 0.887. The zero-order chi connectivity index (χ0) is 8.27. The summed E-state index contributed by atoms with van der Waals surface area (Å²) in [7, 11) is 3.16. The van der Waals surface area contributed by atoms with Crippen molar-refractivity contribution in [3.05, 3.63) is 0 Å². The van der Waals surface area contributed by atoms with E-state index in [4.69, 9.17) is 9.47 Å². The van der Waals surface area contributed by atoms with E-state index in [2.05, 4.69) is 9.98 Å². The molecule has 0 amide bonds. The van der Waals surface area contributed by atoms with E-state index in [1.807, 2.05) is 6.92 Å². The standard InChI is InChI=1S/C7H12N2O2/c1-5-4-8-7(11-3)9-6(5)10-2/h4-6H,1-3H3. The number of hydrogen-bond acceptors (Lipinski definition) is 4. The Hall–Kier alpha value is -0.900. The zero-order valence-corrected chi connectivity index (χ0v) is 6.94. The Morgan fingerprint density at radius 3 is 2.73 bits per heavy atom. The highest BCUT2D eigenvalue weighted by Crippen LogP contribution is 2.10. The van der Waals surface area contributed by atoms with Crippen molar-refractivity contribution in [1.29, 1.82) is 0 Å². The second-order valence-electron chi connectivity index (χ2n) is 2.38. The Morgan fingerprint density at radius 1 is 1.45 bits per heavy atom. The minimum absolute atomic E-state index is 0.151. The number of hydrogen-bond donors (Lipinski definition) is 0. The normalized spacial score (nSPS) is 29.9. The van der Waals surface area contributed by atoms with Gasteiger partial charge in [-0.2, -0.15) is 0 Å². The fourth-order valence-electron chi connectivity index (χ4n) is 0.887. The molecule has 0 saturated carbocycles. The van der Waals surface area contributed by atoms with Crippen molar-refractivity contribution in [3.63, 3.8) is 0 Å². The van der Waals surface area contributed by atoms with Crippen molar-refractivity contribution in [1.82, 2.24) is 0 Å². The van der Waals surface area contributed by atoms with E-state index < -0.39 is 0 Å². The van der Waals surface area contributed by atoms with Gasteiger partial charge in [0.2, 0.25) is 0 Å². The summed E-state index contributed by atoms with van der Waals surface area (Å²) in [6, 6.07) is 0.384. The van der Waals surface area contributed by atoms with Gasteiger partial charge in [0, 0.05) is 19.2 Å². The SMILES string of the molecule is COC1=NC(OC)C(C)C=N1. The molecule has 1 rings (SSSR count). The van der Waals surface area contributed by atoms with Crippen LogP contribution in [0.25, 0.3) is 0 Å². The second kappa shape index (κ2) is 3.48. The zero-order valence-electron chi connectivity index (χ0n) is 6.94. The fraction of sp³-hybridized carbons (Fsp3) is 0.714. The van der Waals surface area contributed by atoms with Gasteiger partial charge in [-0.1, -0.05) is 6.92 Å². The molecule has 0 N–H and O–H groups in total. The minimum atomic E-state index is -0.151. The first-order valence-electron chi connectivity index (χ1n) is 3.46. The van der Waals surface area contributed by atoms with Gasteiger partial charge in [0.15, 0.2) is 6.23 Å². The van der Waals surface area contributed by atoms with E-state index in [1.165, 1.54) is 0 Å². The maximum atomic E-state index is 5.08. The Morgan fingerprint density at radius 2 is 2.18 bits per heavy atom. The Kier molecular flexibility index (Phi) is 2.59. The Balaban J connectivity index is 2.67. The highest BCUT2D eigenvalue weighted by molar-refractivity contribution is 5.86. The molecule has 4 heteroatoms. The van der Waals surface area contributed by atoms with Gasteiger partial charge in [0.25, 0.3) is 0 Å². The lowest BCUT2D eigenvalue weighted by Crippen LogP contribution is -2.25. The number of aliphatic imine (C=N–C) groups is 2. The third kappa shape index (κ3) is 1.77. The van der Waals surface area contributed by atoms with Crippen LogP contribution >= 0.6 is 0 Å². The third-order valence-electron chi connectivity index (χ3n) is 1.53. The molecule has 2 atom stereocenters. The first-order valence-corrected chi connectivity index (χ1v) is 3.46. The highest BCUT2D eigenvalue weighted by Gasteiger charge is 2.18. The Bertz CT molecular complexity index is 189. The lowest BCUT2D eigenvalue weighted by Gasteiger charge is -2.18. The van der Waals surface area contributed by atoms with Gasteiger partial charge < -0.3 is 9.47 Å². The smallest absolute Gasteiger partial charge is 0.313 e. The van der Waals surface area contributed by atoms with Gasteiger partial charge in [-0.25, -0.2) is 9.98 Å². The van der Waals surface area contributed by atoms with Crippen molar-refractivity contribution in [2.45, 2.75) is 13.2 Å². The van der Waals surface area contributed by atoms with Crippen molar-refractivity contribution < 1.29 is 9.47 Å². The molecular weight excluding hydrogens is 144 g/mol. The van der Waals surface area contributed by atoms with Crippen LogP contribution in [0.3, 0.4) is 0 Å². The van der Waals surface area contributed by atoms with Crippen molar-refractivity contribution >= 4 is 12.2 Å². The van der Waals surface area contributed by atoms with Crippen LogP contribution in [0.4, 0.5) is 0 Å². The van der Waals surface area contributed by atoms with Gasteiger partial charge in [-0.15, -0.1) is 0 Å². The summed E-state index contributed by atoms with van der Waals surface area (Å²) in [5, 5.41) is 0. The molecular formula is C7H12N2O2. The first kappa shape index (κ1) is 8.20. The number of methoxy groups -OCH3 is 2. The molecule has 0 bridgehead atoms. The predicted molar refractivity (Wildman–Crippen MR) is 42.9 cm³/mol. The average Bonchev–Trinajstić information content (AvgIpc) is 2.05. The predicted octanol–water partition coefficient (Wildman–Crippen LogP) is 0.682. The van der Waals surface area contributed by atoms with Crippen LogP contribution in [-0.4, -0.2) is 32.7 Å². The molecule has 4 nitrogen and oxygen atoms in total. The minimum Gasteiger partial charge on any atom is -0.467 e. The Labute approximate surface area is 65.9 Å². The molecule has 1 aliphatic heterocycles. The second-order valence-corrected chi connectivity index (χ2v) is 2.38. The summed E-state index contributed by atoms with van der Waals surface area (Å²) in [6.45, 7) is 1.99. The lowest BCUT2D eigenvalue weighted by atomic mass is 10.1. The summed E-state index contributed by atoms with van der Waals surface area (Å²) in [6.07, 6.45) is 1.63. The number of rotatable bonds is 1. The van der Waals surface area contributed by atoms with E-state index >= 15 is 0 Å². The quantitative estimate of drug-likeness (QED) is 0.560. The van der Waals surface area contributed by atoms with Crippen molar-refractivity contribution in [2.75, 3.05) is 14.2 Å². The van der Waals surface area contributed by atoms with E-state index in [1.54, 1.807) is 20.4 Å². The molecule has 2 unspecified atom stereocenters. The third-order valence-corrected chi connectivity index (χ3v) is 1.53. The molecule has 62 valence electrons. The lowest BCUT2D eigenvalue weighted by molar-refractivity contribution is 0.0849. The van der Waals surface area contributed by atoms with E-state index in [0.717, 1.165) is 0 Å². The summed E-state index contributed by atoms with van der Waals surface area (Å²) in [5.74, 6) is 0.221. The largest absolute Gasteiger partial charge is 0.467 e. The molecule has 0 fully saturated rings. The number of amidine groups is 1. The van der Waals surface area contributed by atoms with Crippen LogP contribution in [0.2, 0.25) is 0 Å². The summed E-state index contributed by atoms with van der Waals surface area (Å²) >= 11 is 0. The van der Waals surface area contributed by atoms with Crippen LogP contribution in [0.5, 0.6) is 0 Å². The molecule has 0 aromatic heterocycles. The van der Waals surface area contributed by atoms with Crippen LogP contribution in [0.15, 0.2) is 9.98 Å². The molecule has 0 saturated heterocycles. The molecule has 0 spiro atoms.